The van der Waals surface area contributed by atoms with Crippen molar-refractivity contribution in [3.05, 3.63) is 77.9 Å². The third kappa shape index (κ3) is 3.57. The molecule has 1 atom stereocenters. The highest BCUT2D eigenvalue weighted by molar-refractivity contribution is 5.66. The summed E-state index contributed by atoms with van der Waals surface area (Å²) in [4.78, 5) is 0. The van der Waals surface area contributed by atoms with Crippen LogP contribution in [0, 0.1) is 0 Å². The highest BCUT2D eigenvalue weighted by Gasteiger charge is 2.08. The maximum atomic E-state index is 2.44. The van der Waals surface area contributed by atoms with Crippen LogP contribution in [-0.2, 0) is 0 Å². The van der Waals surface area contributed by atoms with Gasteiger partial charge in [0.2, 0.25) is 0 Å². The van der Waals surface area contributed by atoms with E-state index >= 15 is 0 Å². The molecule has 0 spiro atoms. The molecule has 0 aliphatic rings. The van der Waals surface area contributed by atoms with E-state index in [1.807, 2.05) is 0 Å². The molecule has 0 fully saturated rings. The van der Waals surface area contributed by atoms with Gasteiger partial charge in [-0.2, -0.15) is 0 Å². The number of allylic oxidation sites excluding steroid dienone is 2. The van der Waals surface area contributed by atoms with Gasteiger partial charge in [-0.1, -0.05) is 80.6 Å². The van der Waals surface area contributed by atoms with Gasteiger partial charge in [0.25, 0.3) is 0 Å². The maximum absolute atomic E-state index is 2.44. The minimum absolute atomic E-state index is 0.511. The quantitative estimate of drug-likeness (QED) is 0.641. The molecule has 0 saturated heterocycles. The third-order valence-electron chi connectivity index (χ3n) is 3.60. The van der Waals surface area contributed by atoms with Gasteiger partial charge in [-0.3, -0.25) is 0 Å². The largest absolute Gasteiger partial charge is 0.0732 e. The molecule has 0 radical (unpaired) electrons. The monoisotopic (exact) mass is 250 g/mol. The third-order valence-corrected chi connectivity index (χ3v) is 3.60. The van der Waals surface area contributed by atoms with E-state index in [0.29, 0.717) is 5.92 Å². The molecule has 2 rings (SSSR count). The van der Waals surface area contributed by atoms with Crippen LogP contribution in [0.15, 0.2) is 66.7 Å². The molecule has 0 N–H and O–H groups in total. The first-order chi connectivity index (χ1) is 9.35. The van der Waals surface area contributed by atoms with Crippen molar-refractivity contribution in [2.75, 3.05) is 0 Å². The second-order valence-corrected chi connectivity index (χ2v) is 4.84. The van der Waals surface area contributed by atoms with Crippen LogP contribution in [0.1, 0.15) is 43.7 Å². The molecule has 0 heteroatoms. The predicted molar refractivity (Wildman–Crippen MR) is 84.2 cm³/mol. The highest BCUT2D eigenvalue weighted by Crippen LogP contribution is 2.27. The number of rotatable bonds is 5. The Hall–Kier alpha value is -1.82. The molecule has 0 aromatic heterocycles. The van der Waals surface area contributed by atoms with Crippen LogP contribution >= 0.6 is 0 Å². The van der Waals surface area contributed by atoms with Crippen LogP contribution in [0.4, 0.5) is 0 Å². The summed E-state index contributed by atoms with van der Waals surface area (Å²) < 4.78 is 0. The Morgan fingerprint density at radius 2 is 1.47 bits per heavy atom. The lowest BCUT2D eigenvalue weighted by Crippen LogP contribution is -1.95. The van der Waals surface area contributed by atoms with Crippen molar-refractivity contribution in [2.24, 2.45) is 0 Å². The molecule has 0 heterocycles. The van der Waals surface area contributed by atoms with Gasteiger partial charge >= 0.3 is 0 Å². The summed E-state index contributed by atoms with van der Waals surface area (Å²) in [6.07, 6.45) is 4.65. The van der Waals surface area contributed by atoms with Crippen molar-refractivity contribution < 1.29 is 0 Å². The molecule has 1 unspecified atom stereocenters. The molecule has 0 amide bonds. The van der Waals surface area contributed by atoms with Crippen molar-refractivity contribution in [1.29, 1.82) is 0 Å². The average Bonchev–Trinajstić information content (AvgIpc) is 2.50. The summed E-state index contributed by atoms with van der Waals surface area (Å²) in [7, 11) is 0. The number of hydrogen-bond acceptors (Lipinski definition) is 0. The standard InChI is InChI=1S/C19H22/c1-3-16(18-11-7-5-8-12-18)15-17(4-2)19-13-9-6-10-14-19/h5-16H,3-4H2,1-2H3/b17-15+. The molecular formula is C19H22. The Kier molecular flexibility index (Phi) is 4.97. The Morgan fingerprint density at radius 1 is 0.895 bits per heavy atom. The maximum Gasteiger partial charge on any atom is 0.00213 e. The Labute approximate surface area is 116 Å². The average molecular weight is 250 g/mol. The summed E-state index contributed by atoms with van der Waals surface area (Å²) in [6, 6.07) is 21.5. The van der Waals surface area contributed by atoms with Gasteiger partial charge in [-0.15, -0.1) is 0 Å². The summed E-state index contributed by atoms with van der Waals surface area (Å²) in [6.45, 7) is 4.49. The first-order valence-corrected chi connectivity index (χ1v) is 7.16. The lowest BCUT2D eigenvalue weighted by Gasteiger charge is -2.14. The Morgan fingerprint density at radius 3 is 2.00 bits per heavy atom. The molecule has 0 nitrogen and oxygen atoms in total. The molecule has 2 aromatic carbocycles. The van der Waals surface area contributed by atoms with E-state index in [9.17, 15) is 0 Å². The minimum Gasteiger partial charge on any atom is -0.0732 e. The summed E-state index contributed by atoms with van der Waals surface area (Å²) in [5.74, 6) is 0.511. The summed E-state index contributed by atoms with van der Waals surface area (Å²) in [5, 5.41) is 0. The molecule has 19 heavy (non-hydrogen) atoms. The van der Waals surface area contributed by atoms with E-state index in [1.165, 1.54) is 16.7 Å². The SMILES string of the molecule is CC/C(=C\C(CC)c1ccccc1)c1ccccc1. The zero-order valence-electron chi connectivity index (χ0n) is 11.8. The molecule has 2 aromatic rings. The van der Waals surface area contributed by atoms with E-state index in [2.05, 4.69) is 80.6 Å². The smallest absolute Gasteiger partial charge is 0.00213 e. The van der Waals surface area contributed by atoms with E-state index in [4.69, 9.17) is 0 Å². The number of benzene rings is 2. The van der Waals surface area contributed by atoms with E-state index < -0.39 is 0 Å². The number of hydrogen-bond donors (Lipinski definition) is 0. The zero-order chi connectivity index (χ0) is 13.5. The Bertz CT molecular complexity index is 508. The van der Waals surface area contributed by atoms with E-state index in [0.717, 1.165) is 12.8 Å². The Balaban J connectivity index is 2.31. The van der Waals surface area contributed by atoms with Crippen LogP contribution in [0.25, 0.3) is 5.57 Å². The van der Waals surface area contributed by atoms with Gasteiger partial charge in [0.15, 0.2) is 0 Å². The molecule has 0 saturated carbocycles. The summed E-state index contributed by atoms with van der Waals surface area (Å²) in [5.41, 5.74) is 4.20. The topological polar surface area (TPSA) is 0 Å². The summed E-state index contributed by atoms with van der Waals surface area (Å²) >= 11 is 0. The zero-order valence-corrected chi connectivity index (χ0v) is 11.8. The van der Waals surface area contributed by atoms with E-state index in [-0.39, 0.29) is 0 Å². The van der Waals surface area contributed by atoms with Crippen molar-refractivity contribution in [3.63, 3.8) is 0 Å². The fourth-order valence-electron chi connectivity index (χ4n) is 2.46. The molecule has 98 valence electrons. The second kappa shape index (κ2) is 6.94. The van der Waals surface area contributed by atoms with Gasteiger partial charge in [0.1, 0.15) is 0 Å². The van der Waals surface area contributed by atoms with Crippen LogP contribution in [-0.4, -0.2) is 0 Å². The van der Waals surface area contributed by atoms with Gasteiger partial charge in [0, 0.05) is 5.92 Å². The molecule has 0 aliphatic carbocycles. The van der Waals surface area contributed by atoms with Crippen molar-refractivity contribution in [2.45, 2.75) is 32.6 Å². The first-order valence-electron chi connectivity index (χ1n) is 7.16. The van der Waals surface area contributed by atoms with Gasteiger partial charge in [0.05, 0.1) is 0 Å². The van der Waals surface area contributed by atoms with Gasteiger partial charge in [-0.05, 0) is 29.5 Å². The minimum atomic E-state index is 0.511. The lowest BCUT2D eigenvalue weighted by molar-refractivity contribution is 0.804. The molecular weight excluding hydrogens is 228 g/mol. The van der Waals surface area contributed by atoms with Crippen LogP contribution in [0.3, 0.4) is 0 Å². The van der Waals surface area contributed by atoms with Crippen molar-refractivity contribution >= 4 is 5.57 Å². The van der Waals surface area contributed by atoms with E-state index in [1.54, 1.807) is 0 Å². The fourth-order valence-corrected chi connectivity index (χ4v) is 2.46. The first kappa shape index (κ1) is 13.6. The molecule has 0 bridgehead atoms. The normalized spacial score (nSPS) is 13.3. The van der Waals surface area contributed by atoms with Crippen LogP contribution < -0.4 is 0 Å². The van der Waals surface area contributed by atoms with Gasteiger partial charge in [-0.25, -0.2) is 0 Å². The van der Waals surface area contributed by atoms with Crippen LogP contribution in [0.2, 0.25) is 0 Å². The fraction of sp³-hybridized carbons (Fsp3) is 0.263. The van der Waals surface area contributed by atoms with Crippen LogP contribution in [0.5, 0.6) is 0 Å². The predicted octanol–water partition coefficient (Wildman–Crippen LogP) is 5.67. The van der Waals surface area contributed by atoms with Gasteiger partial charge < -0.3 is 0 Å². The lowest BCUT2D eigenvalue weighted by atomic mass is 9.91. The second-order valence-electron chi connectivity index (χ2n) is 4.84. The molecule has 0 aliphatic heterocycles. The highest BCUT2D eigenvalue weighted by atomic mass is 14.1. The van der Waals surface area contributed by atoms with Crippen molar-refractivity contribution in [3.8, 4) is 0 Å². The van der Waals surface area contributed by atoms with Crippen molar-refractivity contribution in [1.82, 2.24) is 0 Å².